The molecule has 3 aromatic heterocycles. The fourth-order valence-corrected chi connectivity index (χ4v) is 4.78. The molecule has 0 spiro atoms. The lowest BCUT2D eigenvalue weighted by Gasteiger charge is -2.31. The van der Waals surface area contributed by atoms with Gasteiger partial charge in [0.1, 0.15) is 28.2 Å². The van der Waals surface area contributed by atoms with Crippen molar-refractivity contribution < 1.29 is 0 Å². The Bertz CT molecular complexity index is 1010. The highest BCUT2D eigenvalue weighted by molar-refractivity contribution is 9.10. The largest absolute Gasteiger partial charge is 0.384 e. The van der Waals surface area contributed by atoms with Crippen LogP contribution in [0.2, 0.25) is 0 Å². The number of nitrogen functional groups attached to an aromatic ring is 1. The van der Waals surface area contributed by atoms with Gasteiger partial charge in [-0.3, -0.25) is 0 Å². The third-order valence-corrected chi connectivity index (χ3v) is 6.17. The molecule has 4 rings (SSSR count). The fraction of sp³-hybridized carbons (Fsp3) is 0.353. The number of hydrogen-bond donors (Lipinski definition) is 2. The molecule has 138 valence electrons. The Morgan fingerprint density at radius 1 is 1.41 bits per heavy atom. The van der Waals surface area contributed by atoms with Crippen LogP contribution in [0.15, 0.2) is 23.1 Å². The smallest absolute Gasteiger partial charge is 0.186 e. The maximum absolute atomic E-state index is 9.00. The number of anilines is 4. The predicted octanol–water partition coefficient (Wildman–Crippen LogP) is 3.70. The maximum Gasteiger partial charge on any atom is 0.186 e. The van der Waals surface area contributed by atoms with Crippen LogP contribution >= 0.6 is 27.3 Å². The topological polar surface area (TPSA) is 117 Å². The second kappa shape index (κ2) is 7.62. The van der Waals surface area contributed by atoms with E-state index in [1.165, 1.54) is 6.33 Å². The molecule has 8 nitrogen and oxygen atoms in total. The van der Waals surface area contributed by atoms with Crippen LogP contribution in [-0.4, -0.2) is 33.0 Å². The fourth-order valence-electron chi connectivity index (χ4n) is 3.19. The zero-order chi connectivity index (χ0) is 18.8. The summed E-state index contributed by atoms with van der Waals surface area (Å²) in [5.74, 6) is 2.06. The molecule has 3 N–H and O–H groups in total. The summed E-state index contributed by atoms with van der Waals surface area (Å²) in [5.41, 5.74) is 6.59. The van der Waals surface area contributed by atoms with E-state index in [1.54, 1.807) is 23.6 Å². The number of hydrogen-bond acceptors (Lipinski definition) is 9. The molecular formula is C17H17BrN8S. The quantitative estimate of drug-likeness (QED) is 0.625. The van der Waals surface area contributed by atoms with E-state index in [1.807, 2.05) is 0 Å². The minimum atomic E-state index is 0.391. The number of nitrogens with two attached hydrogens (primary N) is 1. The van der Waals surface area contributed by atoms with Gasteiger partial charge < -0.3 is 16.0 Å². The van der Waals surface area contributed by atoms with Crippen LogP contribution in [-0.2, 0) is 0 Å². The van der Waals surface area contributed by atoms with Crippen molar-refractivity contribution in [1.82, 2.24) is 19.9 Å². The summed E-state index contributed by atoms with van der Waals surface area (Å²) in [6.45, 7) is 1.82. The Hall–Kier alpha value is -2.51. The molecule has 4 heterocycles. The summed E-state index contributed by atoms with van der Waals surface area (Å²) in [7, 11) is 0. The number of pyridine rings is 1. The minimum Gasteiger partial charge on any atom is -0.384 e. The molecule has 0 aromatic carbocycles. The van der Waals surface area contributed by atoms with E-state index in [-0.39, 0.29) is 0 Å². The van der Waals surface area contributed by atoms with Crippen LogP contribution < -0.4 is 16.0 Å². The van der Waals surface area contributed by atoms with Crippen molar-refractivity contribution in [1.29, 1.82) is 5.26 Å². The van der Waals surface area contributed by atoms with Crippen molar-refractivity contribution in [2.24, 2.45) is 5.92 Å². The first-order valence-electron chi connectivity index (χ1n) is 8.55. The molecule has 0 radical (unpaired) electrons. The van der Waals surface area contributed by atoms with Crippen molar-refractivity contribution in [2.75, 3.05) is 29.0 Å². The second-order valence-corrected chi connectivity index (χ2v) is 8.23. The normalized spacial score (nSPS) is 17.0. The molecule has 0 saturated carbocycles. The molecule has 1 atom stereocenters. The molecule has 0 amide bonds. The SMILES string of the molecule is N#CCC1CCCN(c2nc3c(Br)cnc(Nc4cc(N)ncn4)c3s2)C1. The van der Waals surface area contributed by atoms with Gasteiger partial charge in [-0.25, -0.2) is 19.9 Å². The lowest BCUT2D eigenvalue weighted by atomic mass is 9.96. The van der Waals surface area contributed by atoms with Crippen molar-refractivity contribution in [2.45, 2.75) is 19.3 Å². The number of fused-ring (bicyclic) bond motifs is 1. The summed E-state index contributed by atoms with van der Waals surface area (Å²) in [4.78, 5) is 19.7. The Morgan fingerprint density at radius 2 is 2.30 bits per heavy atom. The number of nitrogens with one attached hydrogen (secondary N) is 1. The molecule has 1 fully saturated rings. The number of nitriles is 1. The molecule has 1 aliphatic heterocycles. The van der Waals surface area contributed by atoms with Crippen molar-refractivity contribution in [3.05, 3.63) is 23.1 Å². The average molecular weight is 445 g/mol. The highest BCUT2D eigenvalue weighted by atomic mass is 79.9. The van der Waals surface area contributed by atoms with Gasteiger partial charge in [0.2, 0.25) is 0 Å². The maximum atomic E-state index is 9.00. The van der Waals surface area contributed by atoms with Crippen molar-refractivity contribution in [3.8, 4) is 6.07 Å². The van der Waals surface area contributed by atoms with E-state index in [9.17, 15) is 0 Å². The highest BCUT2D eigenvalue weighted by Crippen LogP contribution is 2.38. The monoisotopic (exact) mass is 444 g/mol. The zero-order valence-electron chi connectivity index (χ0n) is 14.4. The Morgan fingerprint density at radius 3 is 3.11 bits per heavy atom. The van der Waals surface area contributed by atoms with Crippen molar-refractivity contribution >= 4 is 60.1 Å². The van der Waals surface area contributed by atoms with Gasteiger partial charge in [0.05, 0.1) is 10.5 Å². The molecule has 1 unspecified atom stereocenters. The van der Waals surface area contributed by atoms with Crippen LogP contribution in [0.3, 0.4) is 0 Å². The number of rotatable bonds is 4. The molecule has 1 saturated heterocycles. The third-order valence-electron chi connectivity index (χ3n) is 4.47. The lowest BCUT2D eigenvalue weighted by Crippen LogP contribution is -2.35. The molecule has 3 aromatic rings. The Balaban J connectivity index is 1.67. The number of aromatic nitrogens is 4. The number of piperidine rings is 1. The van der Waals surface area contributed by atoms with Gasteiger partial charge in [-0.05, 0) is 34.7 Å². The van der Waals surface area contributed by atoms with Gasteiger partial charge in [-0.1, -0.05) is 11.3 Å². The molecule has 10 heteroatoms. The van der Waals surface area contributed by atoms with Gasteiger partial charge in [-0.15, -0.1) is 0 Å². The minimum absolute atomic E-state index is 0.391. The van der Waals surface area contributed by atoms with Gasteiger partial charge >= 0.3 is 0 Å². The average Bonchev–Trinajstić information content (AvgIpc) is 3.11. The highest BCUT2D eigenvalue weighted by Gasteiger charge is 2.23. The van der Waals surface area contributed by atoms with E-state index in [0.717, 1.165) is 45.8 Å². The van der Waals surface area contributed by atoms with Gasteiger partial charge in [0.15, 0.2) is 10.9 Å². The summed E-state index contributed by atoms with van der Waals surface area (Å²) in [5, 5.41) is 13.2. The first-order valence-corrected chi connectivity index (χ1v) is 10.2. The van der Waals surface area contributed by atoms with Gasteiger partial charge in [-0.2, -0.15) is 5.26 Å². The Labute approximate surface area is 168 Å². The van der Waals surface area contributed by atoms with Crippen LogP contribution in [0, 0.1) is 17.2 Å². The number of halogens is 1. The third kappa shape index (κ3) is 3.79. The Kier molecular flexibility index (Phi) is 5.05. The molecule has 27 heavy (non-hydrogen) atoms. The summed E-state index contributed by atoms with van der Waals surface area (Å²) in [6.07, 6.45) is 5.91. The first-order chi connectivity index (χ1) is 13.1. The van der Waals surface area contributed by atoms with Crippen LogP contribution in [0.4, 0.5) is 22.6 Å². The van der Waals surface area contributed by atoms with E-state index >= 15 is 0 Å². The molecule has 0 aliphatic carbocycles. The standard InChI is InChI=1S/C17H17BrN8S/c18-11-7-21-16(24-13-6-12(20)22-9-23-13)15-14(11)25-17(27-15)26-5-1-2-10(8-26)3-4-19/h6-7,9-10H,1-3,5,8H2,(H3,20,21,22,23,24). The molecule has 0 bridgehead atoms. The molecular weight excluding hydrogens is 428 g/mol. The van der Waals surface area contributed by atoms with Crippen LogP contribution in [0.5, 0.6) is 0 Å². The van der Waals surface area contributed by atoms with Crippen molar-refractivity contribution in [3.63, 3.8) is 0 Å². The van der Waals surface area contributed by atoms with E-state index < -0.39 is 0 Å². The number of thiazole rings is 1. The van der Waals surface area contributed by atoms with Crippen LogP contribution in [0.25, 0.3) is 10.2 Å². The zero-order valence-corrected chi connectivity index (χ0v) is 16.8. The summed E-state index contributed by atoms with van der Waals surface area (Å²) < 4.78 is 1.79. The van der Waals surface area contributed by atoms with E-state index in [4.69, 9.17) is 16.0 Å². The first kappa shape index (κ1) is 17.9. The number of nitrogens with zero attached hydrogens (tertiary/aromatic N) is 6. The lowest BCUT2D eigenvalue weighted by molar-refractivity contribution is 0.422. The van der Waals surface area contributed by atoms with E-state index in [0.29, 0.717) is 29.8 Å². The summed E-state index contributed by atoms with van der Waals surface area (Å²) in [6, 6.07) is 3.95. The molecule has 1 aliphatic rings. The van der Waals surface area contributed by atoms with Gasteiger partial charge in [0.25, 0.3) is 0 Å². The van der Waals surface area contributed by atoms with E-state index in [2.05, 4.69) is 47.2 Å². The predicted molar refractivity (Wildman–Crippen MR) is 110 cm³/mol. The second-order valence-electron chi connectivity index (χ2n) is 6.40. The van der Waals surface area contributed by atoms with Gasteiger partial charge in [0, 0.05) is 31.8 Å². The summed E-state index contributed by atoms with van der Waals surface area (Å²) >= 11 is 5.14. The van der Waals surface area contributed by atoms with Crippen LogP contribution in [0.1, 0.15) is 19.3 Å².